The highest BCUT2D eigenvalue weighted by Gasteiger charge is 2.21. The number of hydrogen-bond acceptors (Lipinski definition) is 6. The normalized spacial score (nSPS) is 12.1. The van der Waals surface area contributed by atoms with E-state index in [1.165, 1.54) is 22.7 Å². The SMILES string of the molecule is C=C(C(=O)OCc1ccc(Cl)s1)C(O)c1nccs1. The fraction of sp³-hybridized carbons (Fsp3) is 0.167. The van der Waals surface area contributed by atoms with Crippen molar-refractivity contribution < 1.29 is 14.6 Å². The number of thiazole rings is 1. The van der Waals surface area contributed by atoms with Crippen molar-refractivity contribution in [3.8, 4) is 0 Å². The number of aromatic nitrogens is 1. The predicted octanol–water partition coefficient (Wildman–Crippen LogP) is 3.19. The molecule has 1 N–H and O–H groups in total. The van der Waals surface area contributed by atoms with Crippen molar-refractivity contribution in [2.24, 2.45) is 0 Å². The standard InChI is InChI=1S/C12H10ClNO3S2/c1-7(10(15)11-14-4-5-18-11)12(16)17-6-8-2-3-9(13)19-8/h2-5,10,15H,1,6H2. The Labute approximate surface area is 122 Å². The average molecular weight is 316 g/mol. The van der Waals surface area contributed by atoms with Crippen LogP contribution in [0.3, 0.4) is 0 Å². The average Bonchev–Trinajstić information content (AvgIpc) is 3.05. The highest BCUT2D eigenvalue weighted by Crippen LogP contribution is 2.25. The molecule has 0 bridgehead atoms. The van der Waals surface area contributed by atoms with Gasteiger partial charge in [0, 0.05) is 16.5 Å². The summed E-state index contributed by atoms with van der Waals surface area (Å²) in [5, 5.41) is 12.0. The Morgan fingerprint density at radius 3 is 2.95 bits per heavy atom. The monoisotopic (exact) mass is 315 g/mol. The maximum atomic E-state index is 11.7. The number of hydrogen-bond donors (Lipinski definition) is 1. The number of rotatable bonds is 5. The van der Waals surface area contributed by atoms with Crippen LogP contribution in [0.1, 0.15) is 16.0 Å². The first kappa shape index (κ1) is 14.2. The maximum Gasteiger partial charge on any atom is 0.336 e. The molecule has 0 saturated carbocycles. The molecule has 2 heterocycles. The summed E-state index contributed by atoms with van der Waals surface area (Å²) in [4.78, 5) is 16.5. The van der Waals surface area contributed by atoms with Crippen molar-refractivity contribution in [1.82, 2.24) is 4.98 Å². The minimum atomic E-state index is -1.13. The van der Waals surface area contributed by atoms with Gasteiger partial charge in [-0.1, -0.05) is 18.2 Å². The third kappa shape index (κ3) is 3.63. The van der Waals surface area contributed by atoms with Gasteiger partial charge in [0.15, 0.2) is 0 Å². The Morgan fingerprint density at radius 2 is 2.37 bits per heavy atom. The number of ether oxygens (including phenoxy) is 1. The van der Waals surface area contributed by atoms with Gasteiger partial charge in [0.25, 0.3) is 0 Å². The highest BCUT2D eigenvalue weighted by atomic mass is 35.5. The lowest BCUT2D eigenvalue weighted by molar-refractivity contribution is -0.141. The van der Waals surface area contributed by atoms with E-state index in [9.17, 15) is 9.90 Å². The maximum absolute atomic E-state index is 11.7. The topological polar surface area (TPSA) is 59.4 Å². The van der Waals surface area contributed by atoms with E-state index in [0.29, 0.717) is 9.34 Å². The summed E-state index contributed by atoms with van der Waals surface area (Å²) in [5.74, 6) is -0.646. The summed E-state index contributed by atoms with van der Waals surface area (Å²) in [6, 6.07) is 3.51. The third-order valence-corrected chi connectivity index (χ3v) is 4.28. The van der Waals surface area contributed by atoms with Gasteiger partial charge in [0.05, 0.1) is 9.91 Å². The first-order valence-electron chi connectivity index (χ1n) is 5.25. The summed E-state index contributed by atoms with van der Waals surface area (Å²) in [6.07, 6.45) is 0.426. The third-order valence-electron chi connectivity index (χ3n) is 2.25. The van der Waals surface area contributed by atoms with E-state index in [1.54, 1.807) is 23.7 Å². The van der Waals surface area contributed by atoms with Gasteiger partial charge in [-0.05, 0) is 12.1 Å². The minimum Gasteiger partial charge on any atom is -0.457 e. The van der Waals surface area contributed by atoms with Crippen molar-refractivity contribution in [1.29, 1.82) is 0 Å². The van der Waals surface area contributed by atoms with E-state index in [2.05, 4.69) is 11.6 Å². The van der Waals surface area contributed by atoms with Gasteiger partial charge in [-0.15, -0.1) is 22.7 Å². The number of esters is 1. The van der Waals surface area contributed by atoms with Gasteiger partial charge < -0.3 is 9.84 Å². The van der Waals surface area contributed by atoms with Crippen LogP contribution in [-0.2, 0) is 16.1 Å². The van der Waals surface area contributed by atoms with E-state index in [-0.39, 0.29) is 12.2 Å². The zero-order valence-electron chi connectivity index (χ0n) is 9.71. The lowest BCUT2D eigenvalue weighted by Crippen LogP contribution is -2.13. The van der Waals surface area contributed by atoms with Gasteiger partial charge in [0.1, 0.15) is 17.7 Å². The Kier molecular flexibility index (Phi) is 4.71. The number of halogens is 1. The van der Waals surface area contributed by atoms with E-state index < -0.39 is 12.1 Å². The number of carbonyl (C=O) groups is 1. The summed E-state index contributed by atoms with van der Waals surface area (Å²) in [6.45, 7) is 3.66. The van der Waals surface area contributed by atoms with Crippen molar-refractivity contribution in [2.75, 3.05) is 0 Å². The smallest absolute Gasteiger partial charge is 0.336 e. The molecule has 0 aliphatic heterocycles. The van der Waals surface area contributed by atoms with Crippen LogP contribution in [0.5, 0.6) is 0 Å². The summed E-state index contributed by atoms with van der Waals surface area (Å²) in [7, 11) is 0. The van der Waals surface area contributed by atoms with Crippen LogP contribution in [0.15, 0.2) is 35.9 Å². The molecule has 1 atom stereocenters. The van der Waals surface area contributed by atoms with Crippen molar-refractivity contribution in [3.63, 3.8) is 0 Å². The second kappa shape index (κ2) is 6.29. The Morgan fingerprint density at radius 1 is 1.58 bits per heavy atom. The fourth-order valence-electron chi connectivity index (χ4n) is 1.29. The molecular weight excluding hydrogens is 306 g/mol. The summed E-state index contributed by atoms with van der Waals surface area (Å²) < 4.78 is 5.68. The number of aliphatic hydroxyl groups excluding tert-OH is 1. The summed E-state index contributed by atoms with van der Waals surface area (Å²) >= 11 is 8.35. The fourth-order valence-corrected chi connectivity index (χ4v) is 2.94. The molecule has 0 amide bonds. The van der Waals surface area contributed by atoms with Gasteiger partial charge in [-0.25, -0.2) is 9.78 Å². The first-order valence-corrected chi connectivity index (χ1v) is 7.33. The van der Waals surface area contributed by atoms with Crippen LogP contribution in [0, 0.1) is 0 Å². The Bertz CT molecular complexity index is 580. The lowest BCUT2D eigenvalue weighted by atomic mass is 10.2. The molecule has 7 heteroatoms. The number of carbonyl (C=O) groups excluding carboxylic acids is 1. The van der Waals surface area contributed by atoms with Crippen molar-refractivity contribution in [3.05, 3.63) is 50.1 Å². The summed E-state index contributed by atoms with van der Waals surface area (Å²) in [5.41, 5.74) is -0.0300. The molecule has 0 saturated heterocycles. The van der Waals surface area contributed by atoms with E-state index in [4.69, 9.17) is 16.3 Å². The second-order valence-corrected chi connectivity index (χ2v) is 6.31. The van der Waals surface area contributed by atoms with Gasteiger partial charge in [-0.2, -0.15) is 0 Å². The number of aliphatic hydroxyl groups is 1. The zero-order chi connectivity index (χ0) is 13.8. The van der Waals surface area contributed by atoms with E-state index in [1.807, 2.05) is 0 Å². The molecule has 0 aliphatic carbocycles. The molecule has 2 aromatic rings. The second-order valence-electron chi connectivity index (χ2n) is 3.58. The molecule has 0 fully saturated rings. The largest absolute Gasteiger partial charge is 0.457 e. The van der Waals surface area contributed by atoms with Crippen LogP contribution in [0.4, 0.5) is 0 Å². The van der Waals surface area contributed by atoms with Crippen LogP contribution in [-0.4, -0.2) is 16.1 Å². The molecule has 0 radical (unpaired) electrons. The Hall–Kier alpha value is -1.21. The number of nitrogens with zero attached hydrogens (tertiary/aromatic N) is 1. The van der Waals surface area contributed by atoms with Gasteiger partial charge >= 0.3 is 5.97 Å². The number of thiophene rings is 1. The lowest BCUT2D eigenvalue weighted by Gasteiger charge is -2.10. The van der Waals surface area contributed by atoms with Crippen LogP contribution < -0.4 is 0 Å². The molecule has 4 nitrogen and oxygen atoms in total. The molecule has 0 aliphatic rings. The predicted molar refractivity (Wildman–Crippen MR) is 75.3 cm³/mol. The molecule has 0 spiro atoms. The van der Waals surface area contributed by atoms with Crippen LogP contribution >= 0.6 is 34.3 Å². The molecule has 2 rings (SSSR count). The first-order chi connectivity index (χ1) is 9.08. The molecule has 0 aromatic carbocycles. The van der Waals surface area contributed by atoms with Crippen molar-refractivity contribution >= 4 is 40.2 Å². The molecule has 1 unspecified atom stereocenters. The van der Waals surface area contributed by atoms with E-state index in [0.717, 1.165) is 4.88 Å². The van der Waals surface area contributed by atoms with Crippen LogP contribution in [0.2, 0.25) is 4.34 Å². The zero-order valence-corrected chi connectivity index (χ0v) is 12.1. The van der Waals surface area contributed by atoms with Crippen LogP contribution in [0.25, 0.3) is 0 Å². The van der Waals surface area contributed by atoms with Crippen molar-refractivity contribution in [2.45, 2.75) is 12.7 Å². The Balaban J connectivity index is 1.91. The van der Waals surface area contributed by atoms with Gasteiger partial charge in [-0.3, -0.25) is 0 Å². The minimum absolute atomic E-state index is 0.0300. The quantitative estimate of drug-likeness (QED) is 0.680. The molecule has 100 valence electrons. The van der Waals surface area contributed by atoms with Gasteiger partial charge in [0.2, 0.25) is 0 Å². The molecule has 19 heavy (non-hydrogen) atoms. The van der Waals surface area contributed by atoms with E-state index >= 15 is 0 Å². The highest BCUT2D eigenvalue weighted by molar-refractivity contribution is 7.16. The molecule has 2 aromatic heterocycles. The molecular formula is C12H10ClNO3S2.